The molecule has 0 radical (unpaired) electrons. The quantitative estimate of drug-likeness (QED) is 0.775. The number of likely N-dealkylation sites (N-methyl/N-ethyl adjacent to an activating group) is 1. The zero-order chi connectivity index (χ0) is 16.8. The second-order valence-corrected chi connectivity index (χ2v) is 7.49. The van der Waals surface area contributed by atoms with Crippen molar-refractivity contribution in [1.82, 2.24) is 8.61 Å². The van der Waals surface area contributed by atoms with Crippen molar-refractivity contribution >= 4 is 16.3 Å². The lowest BCUT2D eigenvalue weighted by molar-refractivity contribution is 0.353. The first-order chi connectivity index (χ1) is 10.3. The Morgan fingerprint density at radius 1 is 1.32 bits per heavy atom. The Morgan fingerprint density at radius 3 is 2.45 bits per heavy atom. The number of rotatable bonds is 7. The van der Waals surface area contributed by atoms with E-state index in [2.05, 4.69) is 0 Å². The van der Waals surface area contributed by atoms with Gasteiger partial charge in [0.05, 0.1) is 12.5 Å². The van der Waals surface area contributed by atoms with E-state index in [0.29, 0.717) is 6.54 Å². The number of nitriles is 1. The van der Waals surface area contributed by atoms with Crippen LogP contribution in [0, 0.1) is 11.3 Å². The molecule has 1 rings (SSSR count). The molecule has 22 heavy (non-hydrogen) atoms. The minimum absolute atomic E-state index is 0.169. The molecule has 0 bridgehead atoms. The number of benzene rings is 1. The standard InChI is InChI=1S/C16H23N3O2S/c1-14(12-16-8-6-5-7-9-16)13-18(3)22(20,21)19(4)15(2)10-11-17/h5-9,12,15H,10,13H2,1-4H3/t15-/m0/s1. The summed E-state index contributed by atoms with van der Waals surface area (Å²) in [6.45, 7) is 3.93. The highest BCUT2D eigenvalue weighted by Gasteiger charge is 2.27. The second-order valence-electron chi connectivity index (χ2n) is 5.39. The van der Waals surface area contributed by atoms with Gasteiger partial charge >= 0.3 is 0 Å². The molecule has 0 aliphatic heterocycles. The molecule has 1 atom stereocenters. The Balaban J connectivity index is 2.81. The van der Waals surface area contributed by atoms with Crippen LogP contribution in [-0.2, 0) is 10.2 Å². The average molecular weight is 321 g/mol. The van der Waals surface area contributed by atoms with Crippen LogP contribution < -0.4 is 0 Å². The zero-order valence-electron chi connectivity index (χ0n) is 13.5. The van der Waals surface area contributed by atoms with Crippen LogP contribution in [0.3, 0.4) is 0 Å². The van der Waals surface area contributed by atoms with Gasteiger partial charge in [-0.15, -0.1) is 0 Å². The third-order valence-electron chi connectivity index (χ3n) is 3.45. The van der Waals surface area contributed by atoms with Crippen LogP contribution in [0.25, 0.3) is 6.08 Å². The van der Waals surface area contributed by atoms with Crippen LogP contribution >= 0.6 is 0 Å². The van der Waals surface area contributed by atoms with Gasteiger partial charge in [0.25, 0.3) is 10.2 Å². The van der Waals surface area contributed by atoms with E-state index in [0.717, 1.165) is 11.1 Å². The molecule has 0 aromatic heterocycles. The molecule has 0 aliphatic rings. The lowest BCUT2D eigenvalue weighted by Crippen LogP contribution is -2.44. The van der Waals surface area contributed by atoms with Crippen molar-refractivity contribution in [3.63, 3.8) is 0 Å². The van der Waals surface area contributed by atoms with Gasteiger partial charge in [0, 0.05) is 26.7 Å². The fourth-order valence-electron chi connectivity index (χ4n) is 2.02. The van der Waals surface area contributed by atoms with E-state index in [-0.39, 0.29) is 12.5 Å². The summed E-state index contributed by atoms with van der Waals surface area (Å²) in [4.78, 5) is 0. The largest absolute Gasteiger partial charge is 0.282 e. The van der Waals surface area contributed by atoms with Crippen LogP contribution in [0.2, 0.25) is 0 Å². The van der Waals surface area contributed by atoms with E-state index < -0.39 is 10.2 Å². The van der Waals surface area contributed by atoms with Crippen LogP contribution in [-0.4, -0.2) is 43.7 Å². The first-order valence-electron chi connectivity index (χ1n) is 7.07. The van der Waals surface area contributed by atoms with Gasteiger partial charge in [0.2, 0.25) is 0 Å². The second kappa shape index (κ2) is 8.08. The van der Waals surface area contributed by atoms with Gasteiger partial charge in [-0.2, -0.15) is 22.3 Å². The van der Waals surface area contributed by atoms with Crippen molar-refractivity contribution in [2.75, 3.05) is 20.6 Å². The Kier molecular flexibility index (Phi) is 6.75. The molecular formula is C16H23N3O2S. The Labute approximate surface area is 133 Å². The Hall–Kier alpha value is -1.68. The highest BCUT2D eigenvalue weighted by Crippen LogP contribution is 2.14. The lowest BCUT2D eigenvalue weighted by atomic mass is 10.1. The molecule has 0 unspecified atom stereocenters. The maximum absolute atomic E-state index is 12.4. The molecule has 0 fully saturated rings. The molecule has 1 aromatic rings. The lowest BCUT2D eigenvalue weighted by Gasteiger charge is -2.28. The number of nitrogens with zero attached hydrogens (tertiary/aromatic N) is 3. The van der Waals surface area contributed by atoms with Crippen molar-refractivity contribution in [1.29, 1.82) is 5.26 Å². The molecule has 0 aliphatic carbocycles. The Bertz CT molecular complexity index is 648. The van der Waals surface area contributed by atoms with Gasteiger partial charge in [-0.05, 0) is 19.4 Å². The predicted molar refractivity (Wildman–Crippen MR) is 89.1 cm³/mol. The Morgan fingerprint density at radius 2 is 1.91 bits per heavy atom. The predicted octanol–water partition coefficient (Wildman–Crippen LogP) is 2.50. The summed E-state index contributed by atoms with van der Waals surface area (Å²) in [6.07, 6.45) is 2.13. The van der Waals surface area contributed by atoms with Crippen molar-refractivity contribution in [2.24, 2.45) is 0 Å². The van der Waals surface area contributed by atoms with Gasteiger partial charge in [-0.25, -0.2) is 0 Å². The summed E-state index contributed by atoms with van der Waals surface area (Å²) < 4.78 is 27.4. The fourth-order valence-corrected chi connectivity index (χ4v) is 3.36. The summed E-state index contributed by atoms with van der Waals surface area (Å²) in [5, 5.41) is 8.71. The molecule has 0 N–H and O–H groups in total. The van der Waals surface area contributed by atoms with E-state index >= 15 is 0 Å². The van der Waals surface area contributed by atoms with E-state index in [9.17, 15) is 8.42 Å². The highest BCUT2D eigenvalue weighted by atomic mass is 32.2. The molecule has 0 saturated heterocycles. The monoisotopic (exact) mass is 321 g/mol. The van der Waals surface area contributed by atoms with E-state index in [1.807, 2.05) is 49.4 Å². The molecule has 6 heteroatoms. The minimum Gasteiger partial charge on any atom is -0.198 e. The maximum atomic E-state index is 12.4. The molecule has 0 amide bonds. The SMILES string of the molecule is CC(=Cc1ccccc1)CN(C)S(=O)(=O)N(C)[C@@H](C)CC#N. The van der Waals surface area contributed by atoms with E-state index in [4.69, 9.17) is 5.26 Å². The van der Waals surface area contributed by atoms with Gasteiger partial charge in [-0.1, -0.05) is 42.0 Å². The molecule has 120 valence electrons. The molecule has 5 nitrogen and oxygen atoms in total. The molecular weight excluding hydrogens is 298 g/mol. The minimum atomic E-state index is -3.57. The van der Waals surface area contributed by atoms with Crippen molar-refractivity contribution in [3.05, 3.63) is 41.5 Å². The van der Waals surface area contributed by atoms with Crippen LogP contribution in [0.5, 0.6) is 0 Å². The first kappa shape index (κ1) is 18.4. The van der Waals surface area contributed by atoms with Gasteiger partial charge in [-0.3, -0.25) is 0 Å². The van der Waals surface area contributed by atoms with E-state index in [1.165, 1.54) is 15.7 Å². The summed E-state index contributed by atoms with van der Waals surface area (Å²) in [6, 6.07) is 11.4. The van der Waals surface area contributed by atoms with Crippen molar-refractivity contribution in [3.8, 4) is 6.07 Å². The van der Waals surface area contributed by atoms with Crippen molar-refractivity contribution in [2.45, 2.75) is 26.3 Å². The zero-order valence-corrected chi connectivity index (χ0v) is 14.3. The summed E-state index contributed by atoms with van der Waals surface area (Å²) in [5.41, 5.74) is 1.98. The summed E-state index contributed by atoms with van der Waals surface area (Å²) in [5.74, 6) is 0. The van der Waals surface area contributed by atoms with Gasteiger partial charge < -0.3 is 0 Å². The summed E-state index contributed by atoms with van der Waals surface area (Å²) in [7, 11) is -0.520. The van der Waals surface area contributed by atoms with Crippen LogP contribution in [0.1, 0.15) is 25.8 Å². The molecule has 0 saturated carbocycles. The van der Waals surface area contributed by atoms with Gasteiger partial charge in [0.15, 0.2) is 0 Å². The smallest absolute Gasteiger partial charge is 0.198 e. The van der Waals surface area contributed by atoms with E-state index in [1.54, 1.807) is 14.0 Å². The fraction of sp³-hybridized carbons (Fsp3) is 0.438. The third-order valence-corrected chi connectivity index (χ3v) is 5.45. The molecule has 0 spiro atoms. The molecule has 0 heterocycles. The van der Waals surface area contributed by atoms with Gasteiger partial charge in [0.1, 0.15) is 0 Å². The summed E-state index contributed by atoms with van der Waals surface area (Å²) >= 11 is 0. The third kappa shape index (κ3) is 4.95. The maximum Gasteiger partial charge on any atom is 0.282 e. The normalized spacial score (nSPS) is 14.1. The highest BCUT2D eigenvalue weighted by molar-refractivity contribution is 7.86. The average Bonchev–Trinajstić information content (AvgIpc) is 2.47. The number of hydrogen-bond donors (Lipinski definition) is 0. The van der Waals surface area contributed by atoms with Crippen LogP contribution in [0.4, 0.5) is 0 Å². The molecule has 1 aromatic carbocycles. The number of hydrogen-bond acceptors (Lipinski definition) is 3. The first-order valence-corrected chi connectivity index (χ1v) is 8.47. The van der Waals surface area contributed by atoms with Crippen LogP contribution in [0.15, 0.2) is 35.9 Å². The topological polar surface area (TPSA) is 64.4 Å². The van der Waals surface area contributed by atoms with Crippen molar-refractivity contribution < 1.29 is 8.42 Å².